The zero-order chi connectivity index (χ0) is 13.9. The molecule has 1 aliphatic rings. The molecule has 0 saturated heterocycles. The number of benzene rings is 1. The van der Waals surface area contributed by atoms with Gasteiger partial charge < -0.3 is 15.2 Å². The molecule has 0 amide bonds. The topological polar surface area (TPSA) is 58.6 Å². The molecule has 1 aromatic rings. The molecule has 0 saturated carbocycles. The van der Waals surface area contributed by atoms with Crippen molar-refractivity contribution in [3.8, 4) is 5.75 Å². The number of hydrogen-bond donors (Lipinski definition) is 2. The largest absolute Gasteiger partial charge is 0.493 e. The van der Waals surface area contributed by atoms with Crippen LogP contribution in [0.2, 0.25) is 0 Å². The van der Waals surface area contributed by atoms with Crippen molar-refractivity contribution in [2.24, 2.45) is 5.41 Å². The molecule has 2 N–H and O–H groups in total. The highest BCUT2D eigenvalue weighted by atomic mass is 16.5. The average Bonchev–Trinajstić information content (AvgIpc) is 2.81. The lowest BCUT2D eigenvalue weighted by atomic mass is 9.90. The van der Waals surface area contributed by atoms with Crippen LogP contribution < -0.4 is 10.1 Å². The summed E-state index contributed by atoms with van der Waals surface area (Å²) in [6.45, 7) is 5.75. The molecule has 2 rings (SSSR count). The number of fused-ring (bicyclic) bond motifs is 1. The minimum absolute atomic E-state index is 0.621. The molecule has 0 aliphatic carbocycles. The maximum absolute atomic E-state index is 11.0. The third kappa shape index (κ3) is 3.47. The number of aliphatic carboxylic acids is 1. The van der Waals surface area contributed by atoms with Gasteiger partial charge in [0.15, 0.2) is 0 Å². The molecule has 4 heteroatoms. The molecular weight excluding hydrogens is 242 g/mol. The van der Waals surface area contributed by atoms with E-state index in [9.17, 15) is 4.79 Å². The van der Waals surface area contributed by atoms with Crippen LogP contribution in [0.25, 0.3) is 0 Å². The lowest BCUT2D eigenvalue weighted by Gasteiger charge is -2.19. The highest BCUT2D eigenvalue weighted by Gasteiger charge is 2.26. The second-order valence-electron chi connectivity index (χ2n) is 5.66. The van der Waals surface area contributed by atoms with Gasteiger partial charge in [0.25, 0.3) is 0 Å². The fourth-order valence-corrected chi connectivity index (χ4v) is 2.09. The number of ether oxygens (including phenoxy) is 1. The van der Waals surface area contributed by atoms with E-state index in [0.717, 1.165) is 25.3 Å². The Bertz CT molecular complexity index is 468. The van der Waals surface area contributed by atoms with Crippen molar-refractivity contribution >= 4 is 5.97 Å². The second kappa shape index (κ2) is 5.61. The van der Waals surface area contributed by atoms with Crippen molar-refractivity contribution in [1.82, 2.24) is 5.32 Å². The first-order valence-electron chi connectivity index (χ1n) is 6.68. The van der Waals surface area contributed by atoms with Crippen molar-refractivity contribution in [2.75, 3.05) is 13.2 Å². The zero-order valence-electron chi connectivity index (χ0n) is 11.5. The molecule has 1 aliphatic heterocycles. The maximum atomic E-state index is 11.0. The third-order valence-corrected chi connectivity index (χ3v) is 3.59. The van der Waals surface area contributed by atoms with Crippen molar-refractivity contribution in [3.63, 3.8) is 0 Å². The lowest BCUT2D eigenvalue weighted by Crippen LogP contribution is -2.28. The highest BCUT2D eigenvalue weighted by Crippen LogP contribution is 2.25. The van der Waals surface area contributed by atoms with Gasteiger partial charge in [0.1, 0.15) is 5.75 Å². The Labute approximate surface area is 113 Å². The minimum atomic E-state index is -0.746. The Balaban J connectivity index is 1.79. The van der Waals surface area contributed by atoms with E-state index in [1.807, 2.05) is 6.07 Å². The van der Waals surface area contributed by atoms with Crippen molar-refractivity contribution < 1.29 is 14.6 Å². The Morgan fingerprint density at radius 2 is 2.26 bits per heavy atom. The molecule has 0 radical (unpaired) electrons. The monoisotopic (exact) mass is 263 g/mol. The number of carboxylic acids is 1. The Hall–Kier alpha value is -1.55. The standard InChI is InChI=1S/C15H21NO3/c1-15(2,14(17)18)6-7-16-10-11-3-4-13-12(9-11)5-8-19-13/h3-4,9,16H,5-8,10H2,1-2H3,(H,17,18). The van der Waals surface area contributed by atoms with E-state index < -0.39 is 11.4 Å². The van der Waals surface area contributed by atoms with Gasteiger partial charge in [0.05, 0.1) is 12.0 Å². The second-order valence-corrected chi connectivity index (χ2v) is 5.66. The fourth-order valence-electron chi connectivity index (χ4n) is 2.09. The van der Waals surface area contributed by atoms with E-state index in [-0.39, 0.29) is 0 Å². The summed E-state index contributed by atoms with van der Waals surface area (Å²) in [6.07, 6.45) is 1.60. The molecule has 0 spiro atoms. The zero-order valence-corrected chi connectivity index (χ0v) is 11.5. The van der Waals surface area contributed by atoms with E-state index in [1.54, 1.807) is 13.8 Å². The van der Waals surface area contributed by atoms with E-state index in [4.69, 9.17) is 9.84 Å². The van der Waals surface area contributed by atoms with E-state index in [2.05, 4.69) is 17.4 Å². The summed E-state index contributed by atoms with van der Waals surface area (Å²) in [7, 11) is 0. The number of carbonyl (C=O) groups is 1. The lowest BCUT2D eigenvalue weighted by molar-refractivity contribution is -0.147. The molecule has 0 atom stereocenters. The fraction of sp³-hybridized carbons (Fsp3) is 0.533. The van der Waals surface area contributed by atoms with Gasteiger partial charge >= 0.3 is 5.97 Å². The number of rotatable bonds is 6. The van der Waals surface area contributed by atoms with Crippen LogP contribution >= 0.6 is 0 Å². The highest BCUT2D eigenvalue weighted by molar-refractivity contribution is 5.73. The van der Waals surface area contributed by atoms with Gasteiger partial charge in [-0.1, -0.05) is 12.1 Å². The Morgan fingerprint density at radius 3 is 3.00 bits per heavy atom. The van der Waals surface area contributed by atoms with Gasteiger partial charge in [-0.2, -0.15) is 0 Å². The van der Waals surface area contributed by atoms with Crippen LogP contribution in [0.5, 0.6) is 5.75 Å². The maximum Gasteiger partial charge on any atom is 0.309 e. The van der Waals surface area contributed by atoms with Crippen LogP contribution in [0.1, 0.15) is 31.4 Å². The predicted octanol–water partition coefficient (Wildman–Crippen LogP) is 2.21. The van der Waals surface area contributed by atoms with Crippen LogP contribution in [0, 0.1) is 5.41 Å². The third-order valence-electron chi connectivity index (χ3n) is 3.59. The van der Waals surface area contributed by atoms with Gasteiger partial charge in [-0.15, -0.1) is 0 Å². The first-order valence-corrected chi connectivity index (χ1v) is 6.68. The van der Waals surface area contributed by atoms with Crippen LogP contribution in [0.4, 0.5) is 0 Å². The molecule has 0 aromatic heterocycles. The van der Waals surface area contributed by atoms with E-state index in [0.29, 0.717) is 13.0 Å². The summed E-state index contributed by atoms with van der Waals surface area (Å²) < 4.78 is 5.46. The van der Waals surface area contributed by atoms with Crippen LogP contribution in [-0.2, 0) is 17.8 Å². The van der Waals surface area contributed by atoms with E-state index >= 15 is 0 Å². The van der Waals surface area contributed by atoms with E-state index in [1.165, 1.54) is 11.1 Å². The molecule has 0 unspecified atom stereocenters. The average molecular weight is 263 g/mol. The summed E-state index contributed by atoms with van der Waals surface area (Å²) >= 11 is 0. The normalized spacial score (nSPS) is 14.0. The molecule has 0 bridgehead atoms. The summed E-state index contributed by atoms with van der Waals surface area (Å²) in [5.41, 5.74) is 1.82. The minimum Gasteiger partial charge on any atom is -0.493 e. The van der Waals surface area contributed by atoms with Crippen LogP contribution in [-0.4, -0.2) is 24.2 Å². The van der Waals surface area contributed by atoms with Gasteiger partial charge in [0, 0.05) is 13.0 Å². The smallest absolute Gasteiger partial charge is 0.309 e. The first kappa shape index (κ1) is 13.9. The molecule has 1 heterocycles. The number of hydrogen-bond acceptors (Lipinski definition) is 3. The van der Waals surface area contributed by atoms with Gasteiger partial charge in [-0.25, -0.2) is 0 Å². The summed E-state index contributed by atoms with van der Waals surface area (Å²) in [5.74, 6) is 0.250. The summed E-state index contributed by atoms with van der Waals surface area (Å²) in [5, 5.41) is 12.3. The predicted molar refractivity (Wildman–Crippen MR) is 73.4 cm³/mol. The molecule has 0 fully saturated rings. The number of carboxylic acid groups (broad SMARTS) is 1. The first-order chi connectivity index (χ1) is 8.99. The van der Waals surface area contributed by atoms with Gasteiger partial charge in [0.2, 0.25) is 0 Å². The van der Waals surface area contributed by atoms with Crippen molar-refractivity contribution in [1.29, 1.82) is 0 Å². The van der Waals surface area contributed by atoms with Gasteiger partial charge in [-0.3, -0.25) is 4.79 Å². The van der Waals surface area contributed by atoms with Crippen LogP contribution in [0.3, 0.4) is 0 Å². The molecule has 104 valence electrons. The van der Waals surface area contributed by atoms with Crippen LogP contribution in [0.15, 0.2) is 18.2 Å². The SMILES string of the molecule is CC(C)(CCNCc1ccc2c(c1)CCO2)C(=O)O. The molecule has 19 heavy (non-hydrogen) atoms. The molecule has 4 nitrogen and oxygen atoms in total. The van der Waals surface area contributed by atoms with Crippen molar-refractivity contribution in [3.05, 3.63) is 29.3 Å². The summed E-state index contributed by atoms with van der Waals surface area (Å²) in [6, 6.07) is 6.23. The molecular formula is C15H21NO3. The summed E-state index contributed by atoms with van der Waals surface area (Å²) in [4.78, 5) is 11.0. The molecule has 1 aromatic carbocycles. The Morgan fingerprint density at radius 1 is 1.47 bits per heavy atom. The van der Waals surface area contributed by atoms with Gasteiger partial charge in [-0.05, 0) is 44.0 Å². The van der Waals surface area contributed by atoms with Crippen molar-refractivity contribution in [2.45, 2.75) is 33.2 Å². The Kier molecular flexibility index (Phi) is 4.10. The number of nitrogens with one attached hydrogen (secondary N) is 1. The quantitative estimate of drug-likeness (QED) is 0.773.